The highest BCUT2D eigenvalue weighted by Gasteiger charge is 2.29. The summed E-state index contributed by atoms with van der Waals surface area (Å²) < 4.78 is 5.56. The highest BCUT2D eigenvalue weighted by Crippen LogP contribution is 2.25. The van der Waals surface area contributed by atoms with Crippen LogP contribution in [-0.4, -0.2) is 30.5 Å². The van der Waals surface area contributed by atoms with Gasteiger partial charge in [-0.1, -0.05) is 17.7 Å². The first-order valence-corrected chi connectivity index (χ1v) is 6.03. The first kappa shape index (κ1) is 12.0. The third kappa shape index (κ3) is 2.99. The van der Waals surface area contributed by atoms with Gasteiger partial charge in [-0.2, -0.15) is 0 Å². The van der Waals surface area contributed by atoms with E-state index in [0.29, 0.717) is 6.04 Å². The minimum Gasteiger partial charge on any atom is -0.484 e. The summed E-state index contributed by atoms with van der Waals surface area (Å²) in [5.74, 6) is 0.862. The van der Waals surface area contributed by atoms with E-state index in [-0.39, 0.29) is 12.5 Å². The number of carbonyl (C=O) groups is 1. The molecular formula is C14H19NO2. The molecule has 0 aliphatic heterocycles. The SMILES string of the molecule is Cc1ccc(OCC(=O)N(C)C2CC2)c(C)c1. The zero-order chi connectivity index (χ0) is 12.4. The van der Waals surface area contributed by atoms with Crippen LogP contribution >= 0.6 is 0 Å². The zero-order valence-corrected chi connectivity index (χ0v) is 10.7. The quantitative estimate of drug-likeness (QED) is 0.798. The molecule has 0 aromatic heterocycles. The van der Waals surface area contributed by atoms with E-state index in [1.54, 1.807) is 4.90 Å². The summed E-state index contributed by atoms with van der Waals surface area (Å²) in [7, 11) is 1.85. The number of carbonyl (C=O) groups excluding carboxylic acids is 1. The maximum Gasteiger partial charge on any atom is 0.260 e. The van der Waals surface area contributed by atoms with E-state index in [2.05, 4.69) is 6.07 Å². The lowest BCUT2D eigenvalue weighted by atomic mass is 10.1. The van der Waals surface area contributed by atoms with E-state index in [0.717, 1.165) is 24.2 Å². The molecule has 0 heterocycles. The third-order valence-electron chi connectivity index (χ3n) is 3.17. The van der Waals surface area contributed by atoms with Crippen LogP contribution in [0.3, 0.4) is 0 Å². The molecule has 1 fully saturated rings. The second kappa shape index (κ2) is 4.78. The zero-order valence-electron chi connectivity index (χ0n) is 10.7. The van der Waals surface area contributed by atoms with Crippen molar-refractivity contribution in [2.24, 2.45) is 0 Å². The highest BCUT2D eigenvalue weighted by molar-refractivity contribution is 5.78. The van der Waals surface area contributed by atoms with Crippen LogP contribution in [0.1, 0.15) is 24.0 Å². The van der Waals surface area contributed by atoms with Crippen molar-refractivity contribution in [2.45, 2.75) is 32.7 Å². The van der Waals surface area contributed by atoms with Gasteiger partial charge in [0.1, 0.15) is 5.75 Å². The summed E-state index contributed by atoms with van der Waals surface area (Å²) in [5.41, 5.74) is 2.28. The fourth-order valence-corrected chi connectivity index (χ4v) is 1.87. The highest BCUT2D eigenvalue weighted by atomic mass is 16.5. The molecule has 1 amide bonds. The average molecular weight is 233 g/mol. The van der Waals surface area contributed by atoms with Crippen molar-refractivity contribution in [1.29, 1.82) is 0 Å². The van der Waals surface area contributed by atoms with Crippen LogP contribution in [0.25, 0.3) is 0 Å². The van der Waals surface area contributed by atoms with Gasteiger partial charge in [-0.25, -0.2) is 0 Å². The smallest absolute Gasteiger partial charge is 0.260 e. The summed E-state index contributed by atoms with van der Waals surface area (Å²) in [6, 6.07) is 6.43. The van der Waals surface area contributed by atoms with Gasteiger partial charge in [-0.05, 0) is 38.3 Å². The third-order valence-corrected chi connectivity index (χ3v) is 3.17. The summed E-state index contributed by atoms with van der Waals surface area (Å²) >= 11 is 0. The monoisotopic (exact) mass is 233 g/mol. The second-order valence-corrected chi connectivity index (χ2v) is 4.79. The van der Waals surface area contributed by atoms with E-state index >= 15 is 0 Å². The van der Waals surface area contributed by atoms with Crippen LogP contribution in [-0.2, 0) is 4.79 Å². The number of aryl methyl sites for hydroxylation is 2. The summed E-state index contributed by atoms with van der Waals surface area (Å²) in [4.78, 5) is 13.6. The Labute approximate surface area is 102 Å². The van der Waals surface area contributed by atoms with Crippen molar-refractivity contribution >= 4 is 5.91 Å². The summed E-state index contributed by atoms with van der Waals surface area (Å²) in [6.45, 7) is 4.18. The first-order valence-electron chi connectivity index (χ1n) is 6.03. The van der Waals surface area contributed by atoms with E-state index < -0.39 is 0 Å². The number of nitrogens with zero attached hydrogens (tertiary/aromatic N) is 1. The van der Waals surface area contributed by atoms with E-state index in [1.165, 1.54) is 5.56 Å². The number of ether oxygens (including phenoxy) is 1. The Morgan fingerprint density at radius 1 is 1.41 bits per heavy atom. The van der Waals surface area contributed by atoms with Gasteiger partial charge < -0.3 is 9.64 Å². The lowest BCUT2D eigenvalue weighted by Crippen LogP contribution is -2.33. The van der Waals surface area contributed by atoms with E-state index in [9.17, 15) is 4.79 Å². The Bertz CT molecular complexity index is 424. The minimum absolute atomic E-state index is 0.0625. The van der Waals surface area contributed by atoms with Crippen LogP contribution in [0, 0.1) is 13.8 Å². The van der Waals surface area contributed by atoms with Gasteiger partial charge in [0.15, 0.2) is 6.61 Å². The van der Waals surface area contributed by atoms with Crippen LogP contribution in [0.5, 0.6) is 5.75 Å². The van der Waals surface area contributed by atoms with Gasteiger partial charge >= 0.3 is 0 Å². The molecule has 3 nitrogen and oxygen atoms in total. The molecule has 0 atom stereocenters. The average Bonchev–Trinajstić information content (AvgIpc) is 3.10. The molecule has 0 spiro atoms. The normalized spacial score (nSPS) is 14.5. The minimum atomic E-state index is 0.0625. The van der Waals surface area contributed by atoms with Crippen molar-refractivity contribution in [3.8, 4) is 5.75 Å². The van der Waals surface area contributed by atoms with Gasteiger partial charge in [0, 0.05) is 13.1 Å². The molecule has 1 saturated carbocycles. The van der Waals surface area contributed by atoms with Crippen molar-refractivity contribution in [1.82, 2.24) is 4.90 Å². The summed E-state index contributed by atoms with van der Waals surface area (Å²) in [6.07, 6.45) is 2.26. The molecule has 17 heavy (non-hydrogen) atoms. The number of hydrogen-bond donors (Lipinski definition) is 0. The van der Waals surface area contributed by atoms with Crippen molar-refractivity contribution in [2.75, 3.05) is 13.7 Å². The molecule has 0 bridgehead atoms. The topological polar surface area (TPSA) is 29.5 Å². The van der Waals surface area contributed by atoms with Gasteiger partial charge in [0.05, 0.1) is 0 Å². The van der Waals surface area contributed by atoms with Crippen molar-refractivity contribution < 1.29 is 9.53 Å². The molecule has 1 aromatic rings. The molecule has 0 unspecified atom stereocenters. The Balaban J connectivity index is 1.90. The number of hydrogen-bond acceptors (Lipinski definition) is 2. The molecular weight excluding hydrogens is 214 g/mol. The number of likely N-dealkylation sites (N-methyl/N-ethyl adjacent to an activating group) is 1. The largest absolute Gasteiger partial charge is 0.484 e. The Morgan fingerprint density at radius 3 is 2.71 bits per heavy atom. The Hall–Kier alpha value is -1.51. The molecule has 1 aliphatic rings. The number of rotatable bonds is 4. The van der Waals surface area contributed by atoms with E-state index in [1.807, 2.05) is 33.0 Å². The second-order valence-electron chi connectivity index (χ2n) is 4.79. The molecule has 1 aliphatic carbocycles. The van der Waals surface area contributed by atoms with Gasteiger partial charge in [0.2, 0.25) is 0 Å². The molecule has 0 N–H and O–H groups in total. The molecule has 2 rings (SSSR count). The fourth-order valence-electron chi connectivity index (χ4n) is 1.87. The van der Waals surface area contributed by atoms with Crippen LogP contribution in [0.15, 0.2) is 18.2 Å². The molecule has 92 valence electrons. The maximum absolute atomic E-state index is 11.8. The first-order chi connectivity index (χ1) is 8.08. The Morgan fingerprint density at radius 2 is 2.12 bits per heavy atom. The summed E-state index contributed by atoms with van der Waals surface area (Å²) in [5, 5.41) is 0. The van der Waals surface area contributed by atoms with Crippen molar-refractivity contribution in [3.05, 3.63) is 29.3 Å². The Kier molecular flexibility index (Phi) is 3.36. The van der Waals surface area contributed by atoms with Crippen LogP contribution in [0.2, 0.25) is 0 Å². The lowest BCUT2D eigenvalue weighted by Gasteiger charge is -2.17. The van der Waals surface area contributed by atoms with E-state index in [4.69, 9.17) is 4.74 Å². The van der Waals surface area contributed by atoms with Gasteiger partial charge in [0.25, 0.3) is 5.91 Å². The fraction of sp³-hybridized carbons (Fsp3) is 0.500. The number of amides is 1. The predicted octanol–water partition coefficient (Wildman–Crippen LogP) is 2.30. The molecule has 0 saturated heterocycles. The van der Waals surface area contributed by atoms with Crippen LogP contribution < -0.4 is 4.74 Å². The van der Waals surface area contributed by atoms with Crippen molar-refractivity contribution in [3.63, 3.8) is 0 Å². The van der Waals surface area contributed by atoms with Crippen LogP contribution in [0.4, 0.5) is 0 Å². The molecule has 0 radical (unpaired) electrons. The predicted molar refractivity (Wildman–Crippen MR) is 67.2 cm³/mol. The molecule has 3 heteroatoms. The lowest BCUT2D eigenvalue weighted by molar-refractivity contribution is -0.132. The standard InChI is InChI=1S/C14H19NO2/c1-10-4-7-13(11(2)8-10)17-9-14(16)15(3)12-5-6-12/h4,7-8,12H,5-6,9H2,1-3H3. The van der Waals surface area contributed by atoms with Gasteiger partial charge in [-0.15, -0.1) is 0 Å². The number of benzene rings is 1. The maximum atomic E-state index is 11.8. The molecule has 1 aromatic carbocycles. The van der Waals surface area contributed by atoms with Gasteiger partial charge in [-0.3, -0.25) is 4.79 Å².